The number of benzene rings is 2. The van der Waals surface area contributed by atoms with Gasteiger partial charge in [-0.3, -0.25) is 9.59 Å². The molecule has 1 aliphatic carbocycles. The molecule has 0 aliphatic heterocycles. The Morgan fingerprint density at radius 1 is 0.778 bits per heavy atom. The fourth-order valence-corrected chi connectivity index (χ4v) is 5.16. The number of carbonyl (C=O) groups excluding carboxylic acids is 2. The Hall–Kier alpha value is -3.04. The standard InChI is InChI=1S/C26H28F6N2O2/c1-23(2)12-20(34-22(36)17-6-10-19(11-7-17)26(30,31)32)13-24(3,14-23)15-33-21(35)16-4-8-18(9-5-16)25(27,28)29/h4-11,20H,12-15H2,1-3H3,(H,33,35)(H,34,36)/t20-,24-/m0/s1. The quantitative estimate of drug-likeness (QED) is 0.450. The van der Waals surface area contributed by atoms with Gasteiger partial charge in [-0.25, -0.2) is 0 Å². The zero-order valence-electron chi connectivity index (χ0n) is 20.1. The first-order chi connectivity index (χ1) is 16.5. The lowest BCUT2D eigenvalue weighted by Gasteiger charge is -2.47. The van der Waals surface area contributed by atoms with E-state index in [1.807, 2.05) is 20.8 Å². The summed E-state index contributed by atoms with van der Waals surface area (Å²) >= 11 is 0. The molecule has 36 heavy (non-hydrogen) atoms. The van der Waals surface area contributed by atoms with Gasteiger partial charge in [0.25, 0.3) is 11.8 Å². The number of amides is 2. The molecule has 2 N–H and O–H groups in total. The van der Waals surface area contributed by atoms with Gasteiger partial charge in [0.1, 0.15) is 0 Å². The van der Waals surface area contributed by atoms with Gasteiger partial charge in [0.2, 0.25) is 0 Å². The second-order valence-electron chi connectivity index (χ2n) is 10.6. The van der Waals surface area contributed by atoms with Crippen LogP contribution in [0.25, 0.3) is 0 Å². The molecule has 0 bridgehead atoms. The predicted molar refractivity (Wildman–Crippen MR) is 122 cm³/mol. The summed E-state index contributed by atoms with van der Waals surface area (Å²) in [5, 5.41) is 5.70. The summed E-state index contributed by atoms with van der Waals surface area (Å²) in [7, 11) is 0. The van der Waals surface area contributed by atoms with Crippen molar-refractivity contribution in [3.8, 4) is 0 Å². The summed E-state index contributed by atoms with van der Waals surface area (Å²) in [6.45, 7) is 6.25. The van der Waals surface area contributed by atoms with Crippen LogP contribution in [-0.4, -0.2) is 24.4 Å². The molecule has 0 aromatic heterocycles. The third-order valence-corrected chi connectivity index (χ3v) is 6.40. The van der Waals surface area contributed by atoms with Crippen LogP contribution in [0.4, 0.5) is 26.3 Å². The van der Waals surface area contributed by atoms with Gasteiger partial charge < -0.3 is 10.6 Å². The van der Waals surface area contributed by atoms with Crippen LogP contribution < -0.4 is 10.6 Å². The Morgan fingerprint density at radius 2 is 1.22 bits per heavy atom. The average molecular weight is 515 g/mol. The first kappa shape index (κ1) is 27.5. The van der Waals surface area contributed by atoms with Gasteiger partial charge in [-0.05, 0) is 78.6 Å². The second-order valence-corrected chi connectivity index (χ2v) is 10.6. The van der Waals surface area contributed by atoms with Crippen molar-refractivity contribution in [1.82, 2.24) is 10.6 Å². The molecule has 2 aromatic rings. The molecule has 4 nitrogen and oxygen atoms in total. The van der Waals surface area contributed by atoms with Crippen LogP contribution in [0.1, 0.15) is 71.9 Å². The van der Waals surface area contributed by atoms with Gasteiger partial charge in [0, 0.05) is 23.7 Å². The Bertz CT molecular complexity index is 1090. The number of hydrogen-bond acceptors (Lipinski definition) is 2. The molecule has 1 fully saturated rings. The lowest BCUT2D eigenvalue weighted by molar-refractivity contribution is -0.138. The summed E-state index contributed by atoms with van der Waals surface area (Å²) in [6.07, 6.45) is -7.11. The van der Waals surface area contributed by atoms with Crippen LogP contribution >= 0.6 is 0 Å². The minimum Gasteiger partial charge on any atom is -0.351 e. The minimum atomic E-state index is -4.49. The molecule has 0 saturated heterocycles. The van der Waals surface area contributed by atoms with Crippen LogP contribution in [0.2, 0.25) is 0 Å². The van der Waals surface area contributed by atoms with Crippen molar-refractivity contribution < 1.29 is 35.9 Å². The molecule has 0 spiro atoms. The highest BCUT2D eigenvalue weighted by atomic mass is 19.4. The minimum absolute atomic E-state index is 0.105. The van der Waals surface area contributed by atoms with Crippen LogP contribution in [0, 0.1) is 10.8 Å². The maximum Gasteiger partial charge on any atom is 0.416 e. The van der Waals surface area contributed by atoms with Crippen LogP contribution in [0.3, 0.4) is 0 Å². The molecule has 1 aliphatic rings. The molecular formula is C26H28F6N2O2. The number of hydrogen-bond donors (Lipinski definition) is 2. The van der Waals surface area contributed by atoms with Gasteiger partial charge in [-0.15, -0.1) is 0 Å². The summed E-state index contributed by atoms with van der Waals surface area (Å²) in [6, 6.07) is 7.67. The topological polar surface area (TPSA) is 58.2 Å². The van der Waals surface area contributed by atoms with Gasteiger partial charge in [0.15, 0.2) is 0 Å². The second kappa shape index (κ2) is 9.78. The molecule has 2 amide bonds. The Balaban J connectivity index is 1.64. The summed E-state index contributed by atoms with van der Waals surface area (Å²) in [5.41, 5.74) is -2.09. The molecule has 0 heterocycles. The van der Waals surface area contributed by atoms with E-state index in [1.165, 1.54) is 0 Å². The van der Waals surface area contributed by atoms with E-state index in [4.69, 9.17) is 0 Å². The third kappa shape index (κ3) is 7.01. The van der Waals surface area contributed by atoms with Crippen LogP contribution in [0.5, 0.6) is 0 Å². The van der Waals surface area contributed by atoms with Crippen molar-refractivity contribution in [3.05, 3.63) is 70.8 Å². The van der Waals surface area contributed by atoms with E-state index in [0.29, 0.717) is 12.8 Å². The maximum absolute atomic E-state index is 12.8. The van der Waals surface area contributed by atoms with Gasteiger partial charge in [-0.2, -0.15) is 26.3 Å². The average Bonchev–Trinajstić information content (AvgIpc) is 2.75. The first-order valence-corrected chi connectivity index (χ1v) is 11.4. The molecule has 2 aromatic carbocycles. The highest BCUT2D eigenvalue weighted by Gasteiger charge is 2.42. The number of rotatable bonds is 5. The van der Waals surface area contributed by atoms with Crippen LogP contribution in [0.15, 0.2) is 48.5 Å². The summed E-state index contributed by atoms with van der Waals surface area (Å²) in [5.74, 6) is -0.985. The number of halogens is 6. The number of carbonyl (C=O) groups is 2. The highest BCUT2D eigenvalue weighted by Crippen LogP contribution is 2.46. The van der Waals surface area contributed by atoms with Gasteiger partial charge in [-0.1, -0.05) is 20.8 Å². The van der Waals surface area contributed by atoms with E-state index in [1.54, 1.807) is 0 Å². The van der Waals surface area contributed by atoms with Gasteiger partial charge in [0.05, 0.1) is 11.1 Å². The Labute approximate surface area is 205 Å². The largest absolute Gasteiger partial charge is 0.416 e. The molecule has 1 saturated carbocycles. The predicted octanol–water partition coefficient (Wildman–Crippen LogP) is 6.47. The molecular weight excluding hydrogens is 486 g/mol. The third-order valence-electron chi connectivity index (χ3n) is 6.40. The summed E-state index contributed by atoms with van der Waals surface area (Å²) in [4.78, 5) is 25.3. The number of alkyl halides is 6. The van der Waals surface area contributed by atoms with Crippen molar-refractivity contribution >= 4 is 11.8 Å². The Morgan fingerprint density at radius 3 is 1.67 bits per heavy atom. The monoisotopic (exact) mass is 514 g/mol. The summed E-state index contributed by atoms with van der Waals surface area (Å²) < 4.78 is 76.7. The van der Waals surface area contributed by atoms with E-state index in [2.05, 4.69) is 10.6 Å². The number of nitrogens with one attached hydrogen (secondary N) is 2. The van der Waals surface area contributed by atoms with Gasteiger partial charge >= 0.3 is 12.4 Å². The maximum atomic E-state index is 12.8. The molecule has 3 rings (SSSR count). The van der Waals surface area contributed by atoms with E-state index in [9.17, 15) is 35.9 Å². The zero-order valence-corrected chi connectivity index (χ0v) is 20.1. The van der Waals surface area contributed by atoms with Crippen molar-refractivity contribution in [3.63, 3.8) is 0 Å². The molecule has 2 atom stereocenters. The van der Waals surface area contributed by atoms with E-state index < -0.39 is 40.7 Å². The van der Waals surface area contributed by atoms with E-state index in [-0.39, 0.29) is 29.1 Å². The Kier molecular flexibility index (Phi) is 7.49. The van der Waals surface area contributed by atoms with E-state index in [0.717, 1.165) is 55.0 Å². The normalized spacial score (nSPS) is 22.1. The van der Waals surface area contributed by atoms with Crippen LogP contribution in [-0.2, 0) is 12.4 Å². The van der Waals surface area contributed by atoms with Crippen molar-refractivity contribution in [1.29, 1.82) is 0 Å². The molecule has 0 unspecified atom stereocenters. The lowest BCUT2D eigenvalue weighted by atomic mass is 9.62. The van der Waals surface area contributed by atoms with Crippen molar-refractivity contribution in [2.75, 3.05) is 6.54 Å². The van der Waals surface area contributed by atoms with Crippen molar-refractivity contribution in [2.45, 2.75) is 58.4 Å². The first-order valence-electron chi connectivity index (χ1n) is 11.4. The molecule has 10 heteroatoms. The fourth-order valence-electron chi connectivity index (χ4n) is 5.16. The van der Waals surface area contributed by atoms with E-state index >= 15 is 0 Å². The SMILES string of the molecule is CC1(C)C[C@H](NC(=O)c2ccc(C(F)(F)F)cc2)C[C@](C)(CNC(=O)c2ccc(C(F)(F)F)cc2)C1. The van der Waals surface area contributed by atoms with Crippen molar-refractivity contribution in [2.24, 2.45) is 10.8 Å². The molecule has 0 radical (unpaired) electrons. The zero-order chi connectivity index (χ0) is 26.9. The smallest absolute Gasteiger partial charge is 0.351 e. The highest BCUT2D eigenvalue weighted by molar-refractivity contribution is 5.95. The fraction of sp³-hybridized carbons (Fsp3) is 0.462. The lowest BCUT2D eigenvalue weighted by Crippen LogP contribution is -2.50. The molecule has 196 valence electrons.